The van der Waals surface area contributed by atoms with Crippen LogP contribution < -0.4 is 15.2 Å². The Balaban J connectivity index is 2.31. The summed E-state index contributed by atoms with van der Waals surface area (Å²) in [4.78, 5) is 12.3. The molecule has 33 heavy (non-hydrogen) atoms. The van der Waals surface area contributed by atoms with E-state index in [0.29, 0.717) is 6.61 Å². The van der Waals surface area contributed by atoms with Gasteiger partial charge in [-0.1, -0.05) is 30.3 Å². The largest absolute Gasteiger partial charge is 0.497 e. The quantitative estimate of drug-likeness (QED) is 0.462. The predicted octanol–water partition coefficient (Wildman–Crippen LogP) is 4.79. The molecule has 2 rings (SSSR count). The Morgan fingerprint density at radius 3 is 2.15 bits per heavy atom. The molecule has 4 atom stereocenters. The molecule has 0 fully saturated rings. The number of rotatable bonds is 12. The van der Waals surface area contributed by atoms with Crippen LogP contribution in [0.5, 0.6) is 11.5 Å². The Labute approximate surface area is 198 Å². The zero-order chi connectivity index (χ0) is 24.4. The number of carbonyl (C=O) groups is 1. The van der Waals surface area contributed by atoms with Crippen molar-refractivity contribution in [3.8, 4) is 11.5 Å². The second kappa shape index (κ2) is 12.6. The first kappa shape index (κ1) is 26.7. The van der Waals surface area contributed by atoms with Crippen LogP contribution in [0, 0.1) is 5.92 Å². The van der Waals surface area contributed by atoms with E-state index in [9.17, 15) is 4.79 Å². The molecule has 2 aromatic carbocycles. The van der Waals surface area contributed by atoms with Crippen LogP contribution >= 0.6 is 0 Å². The highest BCUT2D eigenvalue weighted by molar-refractivity contribution is 5.75. The molecular formula is C27H39NO5. The summed E-state index contributed by atoms with van der Waals surface area (Å²) in [5.41, 5.74) is 6.64. The molecule has 0 amide bonds. The third kappa shape index (κ3) is 9.44. The summed E-state index contributed by atoms with van der Waals surface area (Å²) in [6.45, 7) is 10.2. The number of para-hydroxylation sites is 1. The molecule has 0 bridgehead atoms. The predicted molar refractivity (Wildman–Crippen MR) is 131 cm³/mol. The van der Waals surface area contributed by atoms with E-state index in [0.717, 1.165) is 29.9 Å². The minimum absolute atomic E-state index is 0.0248. The standard InChI is InChI=1S/C27H39NO5/c1-19(28)26(29)32-20(2)25(33-24-10-8-7-9-11-24)22(16-17-31-27(3,4)5)18-21-12-14-23(30-6)15-13-21/h7-15,19-20,22,25H,16-18,28H2,1-6H3/t19-,20-,22+,25-/m0/s1. The number of hydrogen-bond donors (Lipinski definition) is 1. The fourth-order valence-corrected chi connectivity index (χ4v) is 3.55. The van der Waals surface area contributed by atoms with Gasteiger partial charge in [-0.15, -0.1) is 0 Å². The van der Waals surface area contributed by atoms with Gasteiger partial charge in [0.2, 0.25) is 0 Å². The van der Waals surface area contributed by atoms with Crippen LogP contribution in [0.1, 0.15) is 46.6 Å². The Morgan fingerprint density at radius 1 is 0.970 bits per heavy atom. The van der Waals surface area contributed by atoms with Gasteiger partial charge in [0.15, 0.2) is 0 Å². The number of carbonyl (C=O) groups excluding carboxylic acids is 1. The summed E-state index contributed by atoms with van der Waals surface area (Å²) >= 11 is 0. The zero-order valence-corrected chi connectivity index (χ0v) is 20.7. The number of nitrogens with two attached hydrogens (primary N) is 1. The summed E-state index contributed by atoms with van der Waals surface area (Å²) in [5.74, 6) is 1.11. The van der Waals surface area contributed by atoms with Crippen LogP contribution in [-0.2, 0) is 20.7 Å². The molecule has 0 aliphatic rings. The van der Waals surface area contributed by atoms with Gasteiger partial charge in [-0.25, -0.2) is 0 Å². The van der Waals surface area contributed by atoms with Gasteiger partial charge in [-0.05, 0) is 77.3 Å². The molecule has 0 aliphatic carbocycles. The van der Waals surface area contributed by atoms with Gasteiger partial charge in [0.05, 0.1) is 12.7 Å². The number of methoxy groups -OCH3 is 1. The van der Waals surface area contributed by atoms with Gasteiger partial charge in [0.1, 0.15) is 29.7 Å². The van der Waals surface area contributed by atoms with Gasteiger partial charge in [-0.2, -0.15) is 0 Å². The molecule has 0 heterocycles. The molecule has 6 nitrogen and oxygen atoms in total. The lowest BCUT2D eigenvalue weighted by molar-refractivity contribution is -0.155. The maximum atomic E-state index is 12.3. The minimum Gasteiger partial charge on any atom is -0.497 e. The first-order valence-electron chi connectivity index (χ1n) is 11.5. The third-order valence-corrected chi connectivity index (χ3v) is 5.30. The van der Waals surface area contributed by atoms with Crippen LogP contribution in [-0.4, -0.2) is 43.5 Å². The smallest absolute Gasteiger partial charge is 0.323 e. The molecular weight excluding hydrogens is 418 g/mol. The van der Waals surface area contributed by atoms with Crippen LogP contribution in [0.25, 0.3) is 0 Å². The average molecular weight is 458 g/mol. The Bertz CT molecular complexity index is 830. The van der Waals surface area contributed by atoms with Gasteiger partial charge in [-0.3, -0.25) is 4.79 Å². The molecule has 2 aromatic rings. The first-order chi connectivity index (χ1) is 15.6. The highest BCUT2D eigenvalue weighted by Crippen LogP contribution is 2.27. The molecule has 0 unspecified atom stereocenters. The first-order valence-corrected chi connectivity index (χ1v) is 11.5. The lowest BCUT2D eigenvalue weighted by atomic mass is 9.88. The lowest BCUT2D eigenvalue weighted by Crippen LogP contribution is -2.43. The minimum atomic E-state index is -0.700. The number of hydrogen-bond acceptors (Lipinski definition) is 6. The van der Waals surface area contributed by atoms with Crippen molar-refractivity contribution >= 4 is 5.97 Å². The van der Waals surface area contributed by atoms with Gasteiger partial charge in [0, 0.05) is 12.5 Å². The fourth-order valence-electron chi connectivity index (χ4n) is 3.55. The molecule has 0 aromatic heterocycles. The second-order valence-corrected chi connectivity index (χ2v) is 9.39. The summed E-state index contributed by atoms with van der Waals surface area (Å²) in [5, 5.41) is 0. The van der Waals surface area contributed by atoms with Crippen molar-refractivity contribution in [1.29, 1.82) is 0 Å². The normalized spacial score (nSPS) is 15.2. The molecule has 0 saturated heterocycles. The van der Waals surface area contributed by atoms with E-state index in [4.69, 9.17) is 24.7 Å². The summed E-state index contributed by atoms with van der Waals surface area (Å²) in [6.07, 6.45) is 0.581. The SMILES string of the molecule is COc1ccc(C[C@@H](CCOC(C)(C)C)[C@@H](Oc2ccccc2)[C@H](C)OC(=O)[C@H](C)N)cc1. The van der Waals surface area contributed by atoms with Crippen molar-refractivity contribution in [2.24, 2.45) is 11.7 Å². The molecule has 0 saturated carbocycles. The summed E-state index contributed by atoms with van der Waals surface area (Å²) in [6, 6.07) is 16.9. The van der Waals surface area contributed by atoms with E-state index in [1.165, 1.54) is 0 Å². The van der Waals surface area contributed by atoms with E-state index in [-0.39, 0.29) is 17.6 Å². The molecule has 0 radical (unpaired) electrons. The average Bonchev–Trinajstić information content (AvgIpc) is 2.77. The van der Waals surface area contributed by atoms with E-state index in [1.807, 2.05) is 70.2 Å². The fraction of sp³-hybridized carbons (Fsp3) is 0.519. The molecule has 0 spiro atoms. The Hall–Kier alpha value is -2.57. The maximum Gasteiger partial charge on any atom is 0.323 e. The zero-order valence-electron chi connectivity index (χ0n) is 20.7. The number of benzene rings is 2. The highest BCUT2D eigenvalue weighted by atomic mass is 16.6. The van der Waals surface area contributed by atoms with Crippen molar-refractivity contribution in [3.63, 3.8) is 0 Å². The van der Waals surface area contributed by atoms with Crippen LogP contribution in [0.15, 0.2) is 54.6 Å². The van der Waals surface area contributed by atoms with E-state index < -0.39 is 18.1 Å². The third-order valence-electron chi connectivity index (χ3n) is 5.30. The maximum absolute atomic E-state index is 12.3. The second-order valence-electron chi connectivity index (χ2n) is 9.39. The Morgan fingerprint density at radius 2 is 1.61 bits per heavy atom. The van der Waals surface area contributed by atoms with Gasteiger partial charge < -0.3 is 24.7 Å². The van der Waals surface area contributed by atoms with Crippen LogP contribution in [0.2, 0.25) is 0 Å². The van der Waals surface area contributed by atoms with E-state index in [1.54, 1.807) is 14.0 Å². The van der Waals surface area contributed by atoms with Crippen molar-refractivity contribution in [3.05, 3.63) is 60.2 Å². The number of esters is 1. The number of ether oxygens (including phenoxy) is 4. The topological polar surface area (TPSA) is 80.0 Å². The van der Waals surface area contributed by atoms with Gasteiger partial charge >= 0.3 is 5.97 Å². The molecule has 0 aliphatic heterocycles. The lowest BCUT2D eigenvalue weighted by Gasteiger charge is -2.33. The summed E-state index contributed by atoms with van der Waals surface area (Å²) < 4.78 is 23.4. The monoisotopic (exact) mass is 457 g/mol. The van der Waals surface area contributed by atoms with Crippen LogP contribution in [0.4, 0.5) is 0 Å². The van der Waals surface area contributed by atoms with Crippen molar-refractivity contribution in [1.82, 2.24) is 0 Å². The molecule has 2 N–H and O–H groups in total. The summed E-state index contributed by atoms with van der Waals surface area (Å²) in [7, 11) is 1.65. The highest BCUT2D eigenvalue weighted by Gasteiger charge is 2.32. The van der Waals surface area contributed by atoms with Crippen LogP contribution in [0.3, 0.4) is 0 Å². The Kier molecular flexibility index (Phi) is 10.2. The van der Waals surface area contributed by atoms with Crippen molar-refractivity contribution < 1.29 is 23.7 Å². The van der Waals surface area contributed by atoms with E-state index >= 15 is 0 Å². The van der Waals surface area contributed by atoms with Crippen molar-refractivity contribution in [2.45, 2.75) is 71.3 Å². The molecule has 6 heteroatoms. The van der Waals surface area contributed by atoms with E-state index in [2.05, 4.69) is 12.1 Å². The molecule has 182 valence electrons. The van der Waals surface area contributed by atoms with Gasteiger partial charge in [0.25, 0.3) is 0 Å². The van der Waals surface area contributed by atoms with Crippen molar-refractivity contribution in [2.75, 3.05) is 13.7 Å².